The summed E-state index contributed by atoms with van der Waals surface area (Å²) in [5, 5.41) is 7.06. The summed E-state index contributed by atoms with van der Waals surface area (Å²) in [7, 11) is -3.20. The predicted octanol–water partition coefficient (Wildman–Crippen LogP) is 3.86. The number of rotatable bonds is 3. The molecular formula is C15H15ClN2O2S2. The molecule has 0 saturated heterocycles. The number of nitrogens with one attached hydrogen (secondary N) is 2. The molecule has 0 atom stereocenters. The third-order valence-electron chi connectivity index (χ3n) is 2.97. The number of thiocarbonyl (C=S) groups is 1. The number of halogens is 1. The van der Waals surface area contributed by atoms with Crippen LogP contribution in [0.1, 0.15) is 5.56 Å². The van der Waals surface area contributed by atoms with Crippen LogP contribution in [-0.4, -0.2) is 19.8 Å². The van der Waals surface area contributed by atoms with Crippen molar-refractivity contribution in [2.24, 2.45) is 0 Å². The second-order valence-corrected chi connectivity index (χ2v) is 7.67. The number of aryl methyl sites for hydroxylation is 1. The molecule has 0 aromatic heterocycles. The summed E-state index contributed by atoms with van der Waals surface area (Å²) in [4.78, 5) is 0.266. The monoisotopic (exact) mass is 354 g/mol. The van der Waals surface area contributed by atoms with Crippen molar-refractivity contribution in [3.8, 4) is 0 Å². The molecule has 0 heterocycles. The lowest BCUT2D eigenvalue weighted by Crippen LogP contribution is -2.19. The van der Waals surface area contributed by atoms with Gasteiger partial charge in [-0.25, -0.2) is 8.42 Å². The highest BCUT2D eigenvalue weighted by molar-refractivity contribution is 7.90. The van der Waals surface area contributed by atoms with Crippen molar-refractivity contribution in [3.05, 3.63) is 53.1 Å². The van der Waals surface area contributed by atoms with E-state index in [9.17, 15) is 8.42 Å². The molecule has 0 aliphatic rings. The average molecular weight is 355 g/mol. The van der Waals surface area contributed by atoms with Gasteiger partial charge in [-0.05, 0) is 61.1 Å². The van der Waals surface area contributed by atoms with Gasteiger partial charge >= 0.3 is 0 Å². The quantitative estimate of drug-likeness (QED) is 0.819. The van der Waals surface area contributed by atoms with Crippen molar-refractivity contribution in [2.75, 3.05) is 16.9 Å². The smallest absolute Gasteiger partial charge is 0.175 e. The van der Waals surface area contributed by atoms with Gasteiger partial charge in [-0.15, -0.1) is 0 Å². The lowest BCUT2D eigenvalue weighted by Gasteiger charge is -2.11. The maximum atomic E-state index is 11.4. The summed E-state index contributed by atoms with van der Waals surface area (Å²) in [6.07, 6.45) is 1.17. The highest BCUT2D eigenvalue weighted by Crippen LogP contribution is 2.20. The largest absolute Gasteiger partial charge is 0.332 e. The molecule has 0 unspecified atom stereocenters. The van der Waals surface area contributed by atoms with Gasteiger partial charge in [0.1, 0.15) is 0 Å². The molecule has 0 aliphatic carbocycles. The Balaban J connectivity index is 2.04. The fraction of sp³-hybridized carbons (Fsp3) is 0.133. The molecule has 0 radical (unpaired) electrons. The zero-order valence-electron chi connectivity index (χ0n) is 12.1. The lowest BCUT2D eigenvalue weighted by molar-refractivity contribution is 0.602. The van der Waals surface area contributed by atoms with Gasteiger partial charge in [-0.2, -0.15) is 0 Å². The summed E-state index contributed by atoms with van der Waals surface area (Å²) in [6, 6.07) is 11.9. The van der Waals surface area contributed by atoms with E-state index in [1.54, 1.807) is 18.2 Å². The molecule has 22 heavy (non-hydrogen) atoms. The number of hydrogen-bond acceptors (Lipinski definition) is 3. The highest BCUT2D eigenvalue weighted by Gasteiger charge is 2.07. The summed E-state index contributed by atoms with van der Waals surface area (Å²) < 4.78 is 22.8. The minimum Gasteiger partial charge on any atom is -0.332 e. The van der Waals surface area contributed by atoms with Gasteiger partial charge in [0.25, 0.3) is 0 Å². The first-order valence-electron chi connectivity index (χ1n) is 6.40. The molecular weight excluding hydrogens is 340 g/mol. The van der Waals surface area contributed by atoms with Crippen molar-refractivity contribution < 1.29 is 8.42 Å². The van der Waals surface area contributed by atoms with Crippen LogP contribution in [0.15, 0.2) is 47.4 Å². The van der Waals surface area contributed by atoms with Gasteiger partial charge in [0.15, 0.2) is 14.9 Å². The Bertz CT molecular complexity index is 803. The molecule has 7 heteroatoms. The first-order valence-corrected chi connectivity index (χ1v) is 9.08. The van der Waals surface area contributed by atoms with Crippen LogP contribution in [0.3, 0.4) is 0 Å². The maximum absolute atomic E-state index is 11.4. The lowest BCUT2D eigenvalue weighted by atomic mass is 10.2. The van der Waals surface area contributed by atoms with Crippen LogP contribution in [0.25, 0.3) is 0 Å². The summed E-state index contributed by atoms with van der Waals surface area (Å²) in [6.45, 7) is 1.92. The topological polar surface area (TPSA) is 58.2 Å². The minimum absolute atomic E-state index is 0.266. The SMILES string of the molecule is Cc1ccc(NC(=S)Nc2ccc(S(C)(=O)=O)cc2)cc1Cl. The van der Waals surface area contributed by atoms with Crippen LogP contribution in [0.5, 0.6) is 0 Å². The van der Waals surface area contributed by atoms with Crippen LogP contribution >= 0.6 is 23.8 Å². The predicted molar refractivity (Wildman–Crippen MR) is 95.6 cm³/mol. The number of sulfone groups is 1. The van der Waals surface area contributed by atoms with Crippen LogP contribution < -0.4 is 10.6 Å². The van der Waals surface area contributed by atoms with E-state index in [4.69, 9.17) is 23.8 Å². The normalized spacial score (nSPS) is 11.0. The molecule has 116 valence electrons. The second-order valence-electron chi connectivity index (χ2n) is 4.84. The van der Waals surface area contributed by atoms with Crippen LogP contribution in [0.2, 0.25) is 5.02 Å². The zero-order valence-corrected chi connectivity index (χ0v) is 14.4. The molecule has 2 aromatic rings. The molecule has 0 bridgehead atoms. The van der Waals surface area contributed by atoms with Crippen molar-refractivity contribution in [1.29, 1.82) is 0 Å². The Morgan fingerprint density at radius 3 is 2.14 bits per heavy atom. The van der Waals surface area contributed by atoms with Gasteiger partial charge in [0.2, 0.25) is 0 Å². The summed E-state index contributed by atoms with van der Waals surface area (Å²) in [5.41, 5.74) is 2.46. The van der Waals surface area contributed by atoms with E-state index < -0.39 is 9.84 Å². The Morgan fingerprint density at radius 2 is 1.59 bits per heavy atom. The van der Waals surface area contributed by atoms with Crippen molar-refractivity contribution in [1.82, 2.24) is 0 Å². The van der Waals surface area contributed by atoms with Gasteiger partial charge in [0.05, 0.1) is 4.90 Å². The molecule has 4 nitrogen and oxygen atoms in total. The van der Waals surface area contributed by atoms with Crippen LogP contribution in [0, 0.1) is 6.92 Å². The molecule has 0 spiro atoms. The second kappa shape index (κ2) is 6.64. The third kappa shape index (κ3) is 4.43. The van der Waals surface area contributed by atoms with Gasteiger partial charge in [0, 0.05) is 22.7 Å². The Morgan fingerprint density at radius 1 is 1.05 bits per heavy atom. The van der Waals surface area contributed by atoms with E-state index in [0.29, 0.717) is 15.8 Å². The molecule has 2 aromatic carbocycles. The van der Waals surface area contributed by atoms with Crippen molar-refractivity contribution in [2.45, 2.75) is 11.8 Å². The summed E-state index contributed by atoms with van der Waals surface area (Å²) in [5.74, 6) is 0. The van der Waals surface area contributed by atoms with E-state index in [1.807, 2.05) is 19.1 Å². The van der Waals surface area contributed by atoms with Gasteiger partial charge in [-0.3, -0.25) is 0 Å². The number of anilines is 2. The average Bonchev–Trinajstić information content (AvgIpc) is 2.42. The van der Waals surface area contributed by atoms with Crippen molar-refractivity contribution >= 4 is 50.1 Å². The summed E-state index contributed by atoms with van der Waals surface area (Å²) >= 11 is 11.3. The zero-order chi connectivity index (χ0) is 16.3. The standard InChI is InChI=1S/C15H15ClN2O2S2/c1-10-3-4-12(9-14(10)16)18-15(21)17-11-5-7-13(8-6-11)22(2,19)20/h3-9H,1-2H3,(H2,17,18,21). The fourth-order valence-electron chi connectivity index (χ4n) is 1.75. The fourth-order valence-corrected chi connectivity index (χ4v) is 2.80. The van der Waals surface area contributed by atoms with Gasteiger partial charge in [-0.1, -0.05) is 17.7 Å². The van der Waals surface area contributed by atoms with E-state index in [-0.39, 0.29) is 4.90 Å². The maximum Gasteiger partial charge on any atom is 0.175 e. The Hall–Kier alpha value is -1.63. The van der Waals surface area contributed by atoms with Crippen LogP contribution in [0.4, 0.5) is 11.4 Å². The first kappa shape index (κ1) is 16.7. The molecule has 2 rings (SSSR count). The van der Waals surface area contributed by atoms with Gasteiger partial charge < -0.3 is 10.6 Å². The highest BCUT2D eigenvalue weighted by atomic mass is 35.5. The minimum atomic E-state index is -3.20. The third-order valence-corrected chi connectivity index (χ3v) is 4.71. The number of hydrogen-bond donors (Lipinski definition) is 2. The Labute approximate surface area is 140 Å². The van der Waals surface area contributed by atoms with Crippen molar-refractivity contribution in [3.63, 3.8) is 0 Å². The Kier molecular flexibility index (Phi) is 5.05. The first-order chi connectivity index (χ1) is 10.3. The molecule has 2 N–H and O–H groups in total. The molecule has 0 fully saturated rings. The van der Waals surface area contributed by atoms with Crippen LogP contribution in [-0.2, 0) is 9.84 Å². The van der Waals surface area contributed by atoms with E-state index in [0.717, 1.165) is 11.3 Å². The van der Waals surface area contributed by atoms with E-state index in [2.05, 4.69) is 10.6 Å². The number of benzene rings is 2. The molecule has 0 aliphatic heterocycles. The van der Waals surface area contributed by atoms with E-state index in [1.165, 1.54) is 18.4 Å². The molecule has 0 amide bonds. The van der Waals surface area contributed by atoms with E-state index >= 15 is 0 Å². The molecule has 0 saturated carbocycles.